The third-order valence-electron chi connectivity index (χ3n) is 9.88. The molecule has 0 fully saturated rings. The number of benzene rings is 4. The Morgan fingerprint density at radius 1 is 0.378 bits per heavy atom. The van der Waals surface area contributed by atoms with E-state index in [1.54, 1.807) is 0 Å². The van der Waals surface area contributed by atoms with E-state index in [1.807, 2.05) is 0 Å². The third kappa shape index (κ3) is 6.30. The SMILES string of the molecule is CC(C)(C)c1cc2c(O)c(c1)Cc1cc3cc(c1O)Cc1cc(C(C)(C)C)cc(c1O)Cc1cc(cc(c1O)C2)CCCCC3. The van der Waals surface area contributed by atoms with Crippen LogP contribution in [-0.2, 0) is 49.4 Å². The fourth-order valence-electron chi connectivity index (χ4n) is 7.07. The van der Waals surface area contributed by atoms with Gasteiger partial charge in [-0.05, 0) is 103 Å². The zero-order valence-electron chi connectivity index (χ0n) is 27.8. The minimum atomic E-state index is -0.159. The molecule has 0 heterocycles. The van der Waals surface area contributed by atoms with Gasteiger partial charge in [-0.2, -0.15) is 0 Å². The predicted molar refractivity (Wildman–Crippen MR) is 182 cm³/mol. The number of hydrogen-bond acceptors (Lipinski definition) is 4. The van der Waals surface area contributed by atoms with Crippen molar-refractivity contribution in [3.05, 3.63) is 115 Å². The fourth-order valence-corrected chi connectivity index (χ4v) is 7.07. The summed E-state index contributed by atoms with van der Waals surface area (Å²) in [4.78, 5) is 0. The number of aromatic hydroxyl groups is 4. The van der Waals surface area contributed by atoms with Gasteiger partial charge in [-0.3, -0.25) is 0 Å². The standard InChI is InChI=1S/C41H48O4/c1-40(2,3)34-20-30-16-26-12-24-10-8-7-9-11-25-13-27(17-31(21-34)38(30)44)37(43)29(15-25)19-33-23-35(41(4,5)6)22-32(39(33)45)18-28(14-24)36(26)42/h12-15,20-23,42-45H,7-11,16-19H2,1-6H3. The monoisotopic (exact) mass is 604 g/mol. The number of phenolic OH excluding ortho intramolecular Hbond substituents is 4. The molecule has 0 amide bonds. The van der Waals surface area contributed by atoms with Gasteiger partial charge < -0.3 is 20.4 Å². The molecule has 0 aromatic heterocycles. The van der Waals surface area contributed by atoms with Crippen LogP contribution < -0.4 is 0 Å². The molecule has 4 aromatic carbocycles. The molecule has 3 aliphatic carbocycles. The highest BCUT2D eigenvalue weighted by atomic mass is 16.3. The molecule has 4 nitrogen and oxygen atoms in total. The third-order valence-corrected chi connectivity index (χ3v) is 9.88. The summed E-state index contributed by atoms with van der Waals surface area (Å²) in [5.74, 6) is 0.891. The molecule has 3 aliphatic rings. The van der Waals surface area contributed by atoms with Gasteiger partial charge in [0.25, 0.3) is 0 Å². The Labute approximate surface area is 268 Å². The molecule has 10 bridgehead atoms. The first-order chi connectivity index (χ1) is 21.2. The predicted octanol–water partition coefficient (Wildman–Crippen LogP) is 9.05. The molecule has 0 saturated carbocycles. The Morgan fingerprint density at radius 3 is 0.867 bits per heavy atom. The van der Waals surface area contributed by atoms with E-state index < -0.39 is 0 Å². The van der Waals surface area contributed by atoms with Crippen molar-refractivity contribution in [1.29, 1.82) is 0 Å². The summed E-state index contributed by atoms with van der Waals surface area (Å²) in [5.41, 5.74) is 10.5. The number of fused-ring (bicyclic) bond motifs is 4. The van der Waals surface area contributed by atoms with Crippen LogP contribution in [0.4, 0.5) is 0 Å². The molecule has 0 aliphatic heterocycles. The lowest BCUT2D eigenvalue weighted by molar-refractivity contribution is 0.449. The number of rotatable bonds is 0. The summed E-state index contributed by atoms with van der Waals surface area (Å²) in [7, 11) is 0. The first kappa shape index (κ1) is 31.1. The largest absolute Gasteiger partial charge is 0.507 e. The molecule has 0 unspecified atom stereocenters. The van der Waals surface area contributed by atoms with Crippen LogP contribution >= 0.6 is 0 Å². The molecule has 0 spiro atoms. The number of phenols is 4. The Bertz CT molecular complexity index is 1550. The maximum atomic E-state index is 11.8. The molecule has 45 heavy (non-hydrogen) atoms. The van der Waals surface area contributed by atoms with E-state index in [-0.39, 0.29) is 33.8 Å². The lowest BCUT2D eigenvalue weighted by Gasteiger charge is -2.25. The second-order valence-corrected chi connectivity index (χ2v) is 15.6. The van der Waals surface area contributed by atoms with Gasteiger partial charge in [-0.1, -0.05) is 96.5 Å². The molecule has 0 saturated heterocycles. The molecular weight excluding hydrogens is 556 g/mol. The van der Waals surface area contributed by atoms with Gasteiger partial charge in [0.1, 0.15) is 23.0 Å². The molecule has 0 atom stereocenters. The van der Waals surface area contributed by atoms with Crippen molar-refractivity contribution >= 4 is 0 Å². The van der Waals surface area contributed by atoms with Crippen molar-refractivity contribution in [2.24, 2.45) is 0 Å². The molecule has 4 aromatic rings. The van der Waals surface area contributed by atoms with Crippen molar-refractivity contribution in [2.75, 3.05) is 0 Å². The van der Waals surface area contributed by atoms with Crippen LogP contribution in [-0.4, -0.2) is 20.4 Å². The summed E-state index contributed by atoms with van der Waals surface area (Å²) < 4.78 is 0. The van der Waals surface area contributed by atoms with Crippen LogP contribution in [0, 0.1) is 0 Å². The molecule has 7 rings (SSSR count). The number of aryl methyl sites for hydroxylation is 2. The van der Waals surface area contributed by atoms with Crippen LogP contribution in [0.5, 0.6) is 23.0 Å². The lowest BCUT2D eigenvalue weighted by atomic mass is 9.81. The number of hydrogen-bond donors (Lipinski definition) is 4. The first-order valence-corrected chi connectivity index (χ1v) is 16.5. The molecule has 4 N–H and O–H groups in total. The van der Waals surface area contributed by atoms with E-state index in [0.29, 0.717) is 25.7 Å². The second kappa shape index (κ2) is 11.5. The van der Waals surface area contributed by atoms with Crippen molar-refractivity contribution < 1.29 is 20.4 Å². The molecule has 4 heteroatoms. The van der Waals surface area contributed by atoms with Gasteiger partial charge >= 0.3 is 0 Å². The minimum Gasteiger partial charge on any atom is -0.507 e. The van der Waals surface area contributed by atoms with E-state index in [2.05, 4.69) is 90.1 Å². The summed E-state index contributed by atoms with van der Waals surface area (Å²) in [6.45, 7) is 13.0. The van der Waals surface area contributed by atoms with Gasteiger partial charge in [0.05, 0.1) is 0 Å². The average Bonchev–Trinajstić information content (AvgIpc) is 2.95. The quantitative estimate of drug-likeness (QED) is 0.142. The lowest BCUT2D eigenvalue weighted by Crippen LogP contribution is -2.13. The van der Waals surface area contributed by atoms with Crippen molar-refractivity contribution in [3.63, 3.8) is 0 Å². The van der Waals surface area contributed by atoms with E-state index >= 15 is 0 Å². The van der Waals surface area contributed by atoms with Gasteiger partial charge in [-0.25, -0.2) is 0 Å². The van der Waals surface area contributed by atoms with Crippen molar-refractivity contribution in [2.45, 2.75) is 110 Å². The summed E-state index contributed by atoms with van der Waals surface area (Å²) in [6.07, 6.45) is 6.46. The Kier molecular flexibility index (Phi) is 7.92. The van der Waals surface area contributed by atoms with Crippen LogP contribution in [0.3, 0.4) is 0 Å². The molecule has 0 radical (unpaired) electrons. The van der Waals surface area contributed by atoms with Crippen LogP contribution in [0.15, 0.2) is 48.5 Å². The van der Waals surface area contributed by atoms with E-state index in [1.165, 1.54) is 11.1 Å². The summed E-state index contributed by atoms with van der Waals surface area (Å²) in [6, 6.07) is 16.7. The van der Waals surface area contributed by atoms with E-state index in [9.17, 15) is 20.4 Å². The second-order valence-electron chi connectivity index (χ2n) is 15.6. The highest BCUT2D eigenvalue weighted by molar-refractivity contribution is 5.58. The smallest absolute Gasteiger partial charge is 0.122 e. The highest BCUT2D eigenvalue weighted by Crippen LogP contribution is 2.41. The van der Waals surface area contributed by atoms with Crippen LogP contribution in [0.25, 0.3) is 0 Å². The normalized spacial score (nSPS) is 15.3. The maximum Gasteiger partial charge on any atom is 0.122 e. The Balaban J connectivity index is 1.69. The van der Waals surface area contributed by atoms with Crippen LogP contribution in [0.2, 0.25) is 0 Å². The van der Waals surface area contributed by atoms with Gasteiger partial charge in [0.2, 0.25) is 0 Å². The van der Waals surface area contributed by atoms with Crippen LogP contribution in [0.1, 0.15) is 128 Å². The zero-order valence-corrected chi connectivity index (χ0v) is 27.8. The maximum absolute atomic E-state index is 11.8. The molecule has 236 valence electrons. The van der Waals surface area contributed by atoms with Gasteiger partial charge in [0.15, 0.2) is 0 Å². The minimum absolute atomic E-state index is 0.159. The van der Waals surface area contributed by atoms with E-state index in [0.717, 1.165) is 87.7 Å². The topological polar surface area (TPSA) is 80.9 Å². The Hall–Kier alpha value is -3.92. The summed E-state index contributed by atoms with van der Waals surface area (Å²) in [5, 5.41) is 47.1. The average molecular weight is 605 g/mol. The van der Waals surface area contributed by atoms with Crippen molar-refractivity contribution in [1.82, 2.24) is 0 Å². The Morgan fingerprint density at radius 2 is 0.622 bits per heavy atom. The van der Waals surface area contributed by atoms with Crippen molar-refractivity contribution in [3.8, 4) is 23.0 Å². The van der Waals surface area contributed by atoms with E-state index in [4.69, 9.17) is 0 Å². The summed E-state index contributed by atoms with van der Waals surface area (Å²) >= 11 is 0. The zero-order chi connectivity index (χ0) is 32.3. The highest BCUT2D eigenvalue weighted by Gasteiger charge is 2.25. The fraction of sp³-hybridized carbons (Fsp3) is 0.415. The molecular formula is C41H48O4. The van der Waals surface area contributed by atoms with Gasteiger partial charge in [0, 0.05) is 25.7 Å². The first-order valence-electron chi connectivity index (χ1n) is 16.5. The van der Waals surface area contributed by atoms with Gasteiger partial charge in [-0.15, -0.1) is 0 Å².